The van der Waals surface area contributed by atoms with Crippen LogP contribution in [0.1, 0.15) is 12.3 Å². The minimum Gasteiger partial charge on any atom is -0.379 e. The predicted octanol–water partition coefficient (Wildman–Crippen LogP) is 1.47. The lowest BCUT2D eigenvalue weighted by Crippen LogP contribution is -2.28. The summed E-state index contributed by atoms with van der Waals surface area (Å²) in [4.78, 5) is 8.64. The van der Waals surface area contributed by atoms with E-state index in [0.29, 0.717) is 18.8 Å². The second kappa shape index (κ2) is 4.61. The molecule has 0 saturated carbocycles. The summed E-state index contributed by atoms with van der Waals surface area (Å²) in [7, 11) is 0. The van der Waals surface area contributed by atoms with E-state index in [1.54, 1.807) is 6.20 Å². The average Bonchev–Trinajstić information content (AvgIpc) is 3.17. The van der Waals surface area contributed by atoms with Gasteiger partial charge in [0.2, 0.25) is 5.82 Å². The van der Waals surface area contributed by atoms with E-state index < -0.39 is 5.60 Å². The van der Waals surface area contributed by atoms with E-state index in [2.05, 4.69) is 20.4 Å². The summed E-state index contributed by atoms with van der Waals surface area (Å²) >= 11 is 0. The molecule has 3 aromatic rings. The Morgan fingerprint density at radius 1 is 1.29 bits per heavy atom. The Hall–Kier alpha value is -2.31. The van der Waals surface area contributed by atoms with Crippen molar-refractivity contribution in [2.75, 3.05) is 13.1 Å². The van der Waals surface area contributed by atoms with Gasteiger partial charge in [0, 0.05) is 23.7 Å². The zero-order valence-electron chi connectivity index (χ0n) is 11.3. The van der Waals surface area contributed by atoms with Gasteiger partial charge in [-0.2, -0.15) is 4.98 Å². The molecule has 1 fully saturated rings. The van der Waals surface area contributed by atoms with Gasteiger partial charge < -0.3 is 14.9 Å². The van der Waals surface area contributed by atoms with Crippen LogP contribution in [0.3, 0.4) is 0 Å². The first kappa shape index (κ1) is 12.4. The van der Waals surface area contributed by atoms with E-state index in [0.717, 1.165) is 23.0 Å². The molecule has 1 aromatic carbocycles. The van der Waals surface area contributed by atoms with E-state index in [9.17, 15) is 5.11 Å². The fraction of sp³-hybridized carbons (Fsp3) is 0.267. The summed E-state index contributed by atoms with van der Waals surface area (Å²) in [5.74, 6) is 0.755. The Labute approximate surface area is 120 Å². The molecular weight excluding hydrogens is 268 g/mol. The predicted molar refractivity (Wildman–Crippen MR) is 76.4 cm³/mol. The van der Waals surface area contributed by atoms with Crippen LogP contribution in [-0.4, -0.2) is 33.3 Å². The summed E-state index contributed by atoms with van der Waals surface area (Å²) in [5, 5.41) is 18.5. The second-order valence-electron chi connectivity index (χ2n) is 5.29. The molecule has 4 rings (SSSR count). The third-order valence-corrected chi connectivity index (χ3v) is 3.82. The Bertz CT molecular complexity index is 793. The molecule has 3 heterocycles. The quantitative estimate of drug-likeness (QED) is 0.740. The maximum Gasteiger partial charge on any atom is 0.260 e. The molecule has 106 valence electrons. The molecule has 6 nitrogen and oxygen atoms in total. The van der Waals surface area contributed by atoms with Gasteiger partial charge in [0.05, 0.1) is 5.52 Å². The number of aliphatic hydroxyl groups is 1. The van der Waals surface area contributed by atoms with E-state index in [1.807, 2.05) is 30.3 Å². The minimum atomic E-state index is -1.05. The molecule has 2 aromatic heterocycles. The van der Waals surface area contributed by atoms with Crippen molar-refractivity contribution in [2.45, 2.75) is 12.0 Å². The highest BCUT2D eigenvalue weighted by atomic mass is 16.5. The summed E-state index contributed by atoms with van der Waals surface area (Å²) in [6, 6.07) is 9.67. The Kier molecular flexibility index (Phi) is 2.73. The summed E-state index contributed by atoms with van der Waals surface area (Å²) in [6.45, 7) is 1.19. The molecule has 0 bridgehead atoms. The minimum absolute atomic E-state index is 0.272. The van der Waals surface area contributed by atoms with Crippen molar-refractivity contribution in [3.8, 4) is 11.4 Å². The third kappa shape index (κ3) is 2.09. The normalized spacial score (nSPS) is 22.0. The van der Waals surface area contributed by atoms with Gasteiger partial charge in [-0.1, -0.05) is 11.2 Å². The zero-order valence-corrected chi connectivity index (χ0v) is 11.3. The van der Waals surface area contributed by atoms with Crippen LogP contribution >= 0.6 is 0 Å². The van der Waals surface area contributed by atoms with Crippen molar-refractivity contribution in [3.05, 3.63) is 42.4 Å². The highest BCUT2D eigenvalue weighted by Crippen LogP contribution is 2.28. The molecule has 0 radical (unpaired) electrons. The smallest absolute Gasteiger partial charge is 0.260 e. The molecule has 1 unspecified atom stereocenters. The highest BCUT2D eigenvalue weighted by Gasteiger charge is 2.38. The van der Waals surface area contributed by atoms with Crippen LogP contribution in [0.2, 0.25) is 0 Å². The SMILES string of the molecule is OC1(c2nc(-c3ccc4ncccc4c3)no2)CCNC1. The monoisotopic (exact) mass is 282 g/mol. The van der Waals surface area contributed by atoms with Gasteiger partial charge in [0.25, 0.3) is 5.89 Å². The van der Waals surface area contributed by atoms with Gasteiger partial charge in [0.15, 0.2) is 5.60 Å². The number of rotatable bonds is 2. The lowest BCUT2D eigenvalue weighted by molar-refractivity contribution is 0.0243. The Morgan fingerprint density at radius 3 is 3.10 bits per heavy atom. The highest BCUT2D eigenvalue weighted by molar-refractivity contribution is 5.82. The van der Waals surface area contributed by atoms with Gasteiger partial charge in [0.1, 0.15) is 0 Å². The largest absolute Gasteiger partial charge is 0.379 e. The summed E-state index contributed by atoms with van der Waals surface area (Å²) in [5.41, 5.74) is 0.715. The molecule has 21 heavy (non-hydrogen) atoms. The fourth-order valence-corrected chi connectivity index (χ4v) is 2.61. The van der Waals surface area contributed by atoms with E-state index >= 15 is 0 Å². The molecule has 6 heteroatoms. The standard InChI is InChI=1S/C15H14N4O2/c20-15(5-7-16-9-15)14-18-13(19-21-14)11-3-4-12-10(8-11)2-1-6-17-12/h1-4,6,8,16,20H,5,7,9H2. The number of pyridine rings is 1. The molecular formula is C15H14N4O2. The van der Waals surface area contributed by atoms with Crippen molar-refractivity contribution in [1.82, 2.24) is 20.4 Å². The molecule has 1 saturated heterocycles. The maximum absolute atomic E-state index is 10.4. The van der Waals surface area contributed by atoms with Gasteiger partial charge >= 0.3 is 0 Å². The first-order chi connectivity index (χ1) is 10.2. The second-order valence-corrected chi connectivity index (χ2v) is 5.29. The van der Waals surface area contributed by atoms with Gasteiger partial charge in [-0.15, -0.1) is 0 Å². The van der Waals surface area contributed by atoms with Crippen molar-refractivity contribution in [3.63, 3.8) is 0 Å². The van der Waals surface area contributed by atoms with Gasteiger partial charge in [-0.05, 0) is 37.2 Å². The third-order valence-electron chi connectivity index (χ3n) is 3.82. The number of nitrogens with zero attached hydrogens (tertiary/aromatic N) is 3. The maximum atomic E-state index is 10.4. The van der Waals surface area contributed by atoms with Crippen molar-refractivity contribution >= 4 is 10.9 Å². The van der Waals surface area contributed by atoms with Crippen molar-refractivity contribution in [1.29, 1.82) is 0 Å². The Balaban J connectivity index is 1.73. The molecule has 0 spiro atoms. The Morgan fingerprint density at radius 2 is 2.24 bits per heavy atom. The average molecular weight is 282 g/mol. The van der Waals surface area contributed by atoms with Crippen LogP contribution in [0, 0.1) is 0 Å². The van der Waals surface area contributed by atoms with Crippen LogP contribution in [0.4, 0.5) is 0 Å². The van der Waals surface area contributed by atoms with Crippen LogP contribution in [0.5, 0.6) is 0 Å². The van der Waals surface area contributed by atoms with E-state index in [1.165, 1.54) is 0 Å². The molecule has 2 N–H and O–H groups in total. The van der Waals surface area contributed by atoms with E-state index in [4.69, 9.17) is 4.52 Å². The summed E-state index contributed by atoms with van der Waals surface area (Å²) < 4.78 is 5.25. The number of hydrogen-bond donors (Lipinski definition) is 2. The number of hydrogen-bond acceptors (Lipinski definition) is 6. The zero-order chi connectivity index (χ0) is 14.3. The van der Waals surface area contributed by atoms with Crippen LogP contribution in [0.15, 0.2) is 41.1 Å². The number of nitrogens with one attached hydrogen (secondary N) is 1. The van der Waals surface area contributed by atoms with Crippen molar-refractivity contribution < 1.29 is 9.63 Å². The number of aromatic nitrogens is 3. The van der Waals surface area contributed by atoms with Gasteiger partial charge in [-0.3, -0.25) is 4.98 Å². The summed E-state index contributed by atoms with van der Waals surface area (Å²) in [6.07, 6.45) is 2.34. The van der Waals surface area contributed by atoms with E-state index in [-0.39, 0.29) is 5.89 Å². The van der Waals surface area contributed by atoms with Crippen LogP contribution in [-0.2, 0) is 5.60 Å². The molecule has 1 aliphatic rings. The molecule has 0 amide bonds. The molecule has 0 aliphatic carbocycles. The lowest BCUT2D eigenvalue weighted by Gasteiger charge is -2.14. The number of benzene rings is 1. The van der Waals surface area contributed by atoms with Crippen molar-refractivity contribution in [2.24, 2.45) is 0 Å². The topological polar surface area (TPSA) is 84.1 Å². The first-order valence-corrected chi connectivity index (χ1v) is 6.87. The lowest BCUT2D eigenvalue weighted by atomic mass is 10.0. The first-order valence-electron chi connectivity index (χ1n) is 6.87. The molecule has 1 atom stereocenters. The van der Waals surface area contributed by atoms with Crippen LogP contribution in [0.25, 0.3) is 22.3 Å². The number of fused-ring (bicyclic) bond motifs is 1. The van der Waals surface area contributed by atoms with Gasteiger partial charge in [-0.25, -0.2) is 0 Å². The number of β-amino-alcohol motifs (C(OH)–C–C–N with tert-alkyl or cyclic N) is 1. The van der Waals surface area contributed by atoms with Crippen LogP contribution < -0.4 is 5.32 Å². The fourth-order valence-electron chi connectivity index (χ4n) is 2.61. The molecule has 1 aliphatic heterocycles.